The van der Waals surface area contributed by atoms with Gasteiger partial charge in [-0.05, 0) is 13.3 Å². The lowest BCUT2D eigenvalue weighted by Gasteiger charge is -2.14. The largest absolute Gasteiger partial charge is 0.383 e. The fraction of sp³-hybridized carbons (Fsp3) is 0.583. The number of rotatable bonds is 8. The van der Waals surface area contributed by atoms with Gasteiger partial charge in [0.15, 0.2) is 0 Å². The van der Waals surface area contributed by atoms with E-state index in [1.165, 1.54) is 11.0 Å². The zero-order chi connectivity index (χ0) is 15.1. The predicted molar refractivity (Wildman–Crippen MR) is 78.5 cm³/mol. The van der Waals surface area contributed by atoms with E-state index < -0.39 is 0 Å². The summed E-state index contributed by atoms with van der Waals surface area (Å²) in [4.78, 5) is 16.9. The smallest absolute Gasteiger partial charge is 0.258 e. The molecule has 9 nitrogen and oxygen atoms in total. The van der Waals surface area contributed by atoms with E-state index in [9.17, 15) is 0 Å². The van der Waals surface area contributed by atoms with E-state index in [1.807, 2.05) is 6.92 Å². The summed E-state index contributed by atoms with van der Waals surface area (Å²) in [6.07, 6.45) is 3.96. The lowest BCUT2D eigenvalue weighted by Crippen LogP contribution is -2.23. The van der Waals surface area contributed by atoms with Crippen molar-refractivity contribution < 1.29 is 4.74 Å². The van der Waals surface area contributed by atoms with Gasteiger partial charge in [-0.1, -0.05) is 6.92 Å². The molecule has 0 aliphatic heterocycles. The van der Waals surface area contributed by atoms with E-state index in [0.29, 0.717) is 24.5 Å². The van der Waals surface area contributed by atoms with Gasteiger partial charge in [0.05, 0.1) is 6.61 Å². The van der Waals surface area contributed by atoms with Gasteiger partial charge in [-0.15, -0.1) is 0 Å². The van der Waals surface area contributed by atoms with E-state index in [0.717, 1.165) is 13.0 Å². The molecule has 0 radical (unpaired) electrons. The molecule has 2 aromatic heterocycles. The van der Waals surface area contributed by atoms with Gasteiger partial charge in [0, 0.05) is 19.7 Å². The molecule has 2 N–H and O–H groups in total. The molecule has 0 aliphatic rings. The Hall–Kier alpha value is -2.29. The summed E-state index contributed by atoms with van der Waals surface area (Å²) in [5.74, 6) is 1.39. The lowest BCUT2D eigenvalue weighted by atomic mass is 10.4. The van der Waals surface area contributed by atoms with Crippen molar-refractivity contribution in [2.45, 2.75) is 26.3 Å². The van der Waals surface area contributed by atoms with Crippen LogP contribution in [0.3, 0.4) is 0 Å². The Morgan fingerprint density at radius 3 is 2.76 bits per heavy atom. The van der Waals surface area contributed by atoms with Crippen LogP contribution in [0.1, 0.15) is 20.3 Å². The summed E-state index contributed by atoms with van der Waals surface area (Å²) >= 11 is 0. The summed E-state index contributed by atoms with van der Waals surface area (Å²) in [5, 5.41) is 10.4. The van der Waals surface area contributed by atoms with Crippen LogP contribution in [0.15, 0.2) is 12.7 Å². The van der Waals surface area contributed by atoms with Crippen LogP contribution in [-0.4, -0.2) is 56.0 Å². The Balaban J connectivity index is 2.24. The van der Waals surface area contributed by atoms with Gasteiger partial charge in [0.1, 0.15) is 12.7 Å². The zero-order valence-corrected chi connectivity index (χ0v) is 12.4. The summed E-state index contributed by atoms with van der Waals surface area (Å²) in [6, 6.07) is 0.0834. The van der Waals surface area contributed by atoms with Crippen LogP contribution >= 0.6 is 0 Å². The normalized spacial score (nSPS) is 12.1. The second-order valence-corrected chi connectivity index (χ2v) is 4.55. The second kappa shape index (κ2) is 7.48. The molecule has 1 atom stereocenters. The maximum atomic E-state index is 5.10. The van der Waals surface area contributed by atoms with Gasteiger partial charge in [-0.2, -0.15) is 24.7 Å². The Morgan fingerprint density at radius 2 is 2.10 bits per heavy atom. The van der Waals surface area contributed by atoms with E-state index in [-0.39, 0.29) is 6.04 Å². The molecular formula is C12H20N8O. The first-order valence-corrected chi connectivity index (χ1v) is 6.83. The standard InChI is InChI=1S/C12H20N8O/c1-4-5-14-10-17-11(16-9(2)6-21-3)19-12(18-10)20-8-13-7-15-20/h7-9H,4-6H2,1-3H3,(H2,14,16,17,18,19). The maximum absolute atomic E-state index is 5.10. The Bertz CT molecular complexity index is 544. The van der Waals surface area contributed by atoms with Crippen LogP contribution in [-0.2, 0) is 4.74 Å². The van der Waals surface area contributed by atoms with Crippen LogP contribution in [0.2, 0.25) is 0 Å². The van der Waals surface area contributed by atoms with Gasteiger partial charge in [0.25, 0.3) is 5.95 Å². The molecule has 1 unspecified atom stereocenters. The van der Waals surface area contributed by atoms with Crippen molar-refractivity contribution in [3.8, 4) is 5.95 Å². The van der Waals surface area contributed by atoms with Crippen molar-refractivity contribution in [2.75, 3.05) is 30.9 Å². The summed E-state index contributed by atoms with van der Waals surface area (Å²) in [6.45, 7) is 5.41. The average Bonchev–Trinajstić information content (AvgIpc) is 2.99. The number of nitrogens with zero attached hydrogens (tertiary/aromatic N) is 6. The molecule has 2 heterocycles. The zero-order valence-electron chi connectivity index (χ0n) is 12.4. The van der Waals surface area contributed by atoms with E-state index in [4.69, 9.17) is 4.74 Å². The number of aromatic nitrogens is 6. The summed E-state index contributed by atoms with van der Waals surface area (Å²) in [7, 11) is 1.65. The number of nitrogens with one attached hydrogen (secondary N) is 2. The number of anilines is 2. The van der Waals surface area contributed by atoms with E-state index in [2.05, 4.69) is 42.6 Å². The van der Waals surface area contributed by atoms with Crippen LogP contribution < -0.4 is 10.6 Å². The molecule has 2 aromatic rings. The van der Waals surface area contributed by atoms with Crippen LogP contribution in [0.25, 0.3) is 5.95 Å². The van der Waals surface area contributed by atoms with Crippen LogP contribution in [0.5, 0.6) is 0 Å². The minimum atomic E-state index is 0.0834. The average molecular weight is 292 g/mol. The Kier molecular flexibility index (Phi) is 5.38. The summed E-state index contributed by atoms with van der Waals surface area (Å²) < 4.78 is 6.59. The van der Waals surface area contributed by atoms with E-state index >= 15 is 0 Å². The number of hydrogen-bond donors (Lipinski definition) is 2. The number of methoxy groups -OCH3 is 1. The first-order valence-electron chi connectivity index (χ1n) is 6.83. The third-order valence-corrected chi connectivity index (χ3v) is 2.57. The minimum absolute atomic E-state index is 0.0834. The first kappa shape index (κ1) is 15.1. The summed E-state index contributed by atoms with van der Waals surface area (Å²) in [5.41, 5.74) is 0. The third kappa shape index (κ3) is 4.35. The molecule has 0 aromatic carbocycles. The fourth-order valence-corrected chi connectivity index (χ4v) is 1.67. The molecule has 0 saturated carbocycles. The molecule has 114 valence electrons. The molecule has 21 heavy (non-hydrogen) atoms. The highest BCUT2D eigenvalue weighted by Crippen LogP contribution is 2.09. The van der Waals surface area contributed by atoms with Crippen LogP contribution in [0.4, 0.5) is 11.9 Å². The highest BCUT2D eigenvalue weighted by Gasteiger charge is 2.10. The predicted octanol–water partition coefficient (Wildman–Crippen LogP) is 0.721. The quantitative estimate of drug-likeness (QED) is 0.733. The highest BCUT2D eigenvalue weighted by atomic mass is 16.5. The molecular weight excluding hydrogens is 272 g/mol. The van der Waals surface area contributed by atoms with Crippen molar-refractivity contribution >= 4 is 11.9 Å². The highest BCUT2D eigenvalue weighted by molar-refractivity contribution is 5.38. The van der Waals surface area contributed by atoms with Crippen molar-refractivity contribution in [1.82, 2.24) is 29.7 Å². The molecule has 0 saturated heterocycles. The molecule has 0 aliphatic carbocycles. The maximum Gasteiger partial charge on any atom is 0.258 e. The molecule has 2 rings (SSSR count). The Morgan fingerprint density at radius 1 is 1.29 bits per heavy atom. The van der Waals surface area contributed by atoms with Gasteiger partial charge < -0.3 is 15.4 Å². The lowest BCUT2D eigenvalue weighted by molar-refractivity contribution is 0.190. The monoisotopic (exact) mass is 292 g/mol. The topological polar surface area (TPSA) is 103 Å². The first-order chi connectivity index (χ1) is 10.2. The van der Waals surface area contributed by atoms with Crippen molar-refractivity contribution in [1.29, 1.82) is 0 Å². The van der Waals surface area contributed by atoms with E-state index in [1.54, 1.807) is 13.4 Å². The second-order valence-electron chi connectivity index (χ2n) is 4.55. The molecule has 0 spiro atoms. The third-order valence-electron chi connectivity index (χ3n) is 2.57. The molecule has 9 heteroatoms. The Labute approximate surface area is 123 Å². The van der Waals surface area contributed by atoms with Gasteiger partial charge in [-0.3, -0.25) is 0 Å². The van der Waals surface area contributed by atoms with Crippen molar-refractivity contribution in [3.05, 3.63) is 12.7 Å². The molecule has 0 fully saturated rings. The van der Waals surface area contributed by atoms with Crippen LogP contribution in [0, 0.1) is 0 Å². The number of ether oxygens (including phenoxy) is 1. The minimum Gasteiger partial charge on any atom is -0.383 e. The molecule has 0 bridgehead atoms. The van der Waals surface area contributed by atoms with Gasteiger partial charge in [0.2, 0.25) is 11.9 Å². The molecule has 0 amide bonds. The number of hydrogen-bond acceptors (Lipinski definition) is 8. The van der Waals surface area contributed by atoms with Crippen molar-refractivity contribution in [2.24, 2.45) is 0 Å². The van der Waals surface area contributed by atoms with Gasteiger partial charge in [-0.25, -0.2) is 4.98 Å². The van der Waals surface area contributed by atoms with Gasteiger partial charge >= 0.3 is 0 Å². The fourth-order valence-electron chi connectivity index (χ4n) is 1.67. The van der Waals surface area contributed by atoms with Crippen molar-refractivity contribution in [3.63, 3.8) is 0 Å². The SMILES string of the molecule is CCCNc1nc(NC(C)COC)nc(-n2cncn2)n1.